The number of hydrogen-bond donors (Lipinski definition) is 5. The van der Waals surface area contributed by atoms with Crippen molar-refractivity contribution in [3.05, 3.63) is 0 Å². The summed E-state index contributed by atoms with van der Waals surface area (Å²) in [5, 5.41) is 52.9. The van der Waals surface area contributed by atoms with Crippen molar-refractivity contribution in [1.82, 2.24) is 0 Å². The zero-order chi connectivity index (χ0) is 24.3. The van der Waals surface area contributed by atoms with E-state index >= 15 is 0 Å². The average molecular weight is 467 g/mol. The Balaban J connectivity index is 1.65. The van der Waals surface area contributed by atoms with Crippen molar-refractivity contribution in [2.24, 2.45) is 58.2 Å². The van der Waals surface area contributed by atoms with Crippen LogP contribution < -0.4 is 0 Å². The van der Waals surface area contributed by atoms with Gasteiger partial charge in [-0.3, -0.25) is 4.79 Å². The highest BCUT2D eigenvalue weighted by Crippen LogP contribution is 2.69. The van der Waals surface area contributed by atoms with E-state index in [0.29, 0.717) is 12.8 Å². The van der Waals surface area contributed by atoms with Gasteiger partial charge < -0.3 is 25.5 Å². The fourth-order valence-electron chi connectivity index (χ4n) is 9.76. The summed E-state index contributed by atoms with van der Waals surface area (Å²) >= 11 is 0. The molecule has 4 fully saturated rings. The molecule has 0 aromatic carbocycles. The summed E-state index contributed by atoms with van der Waals surface area (Å²) in [5.41, 5.74) is -0.323. The van der Waals surface area contributed by atoms with Crippen molar-refractivity contribution in [3.63, 3.8) is 0 Å². The Morgan fingerprint density at radius 3 is 2.33 bits per heavy atom. The van der Waals surface area contributed by atoms with Crippen LogP contribution in [0.5, 0.6) is 0 Å². The quantitative estimate of drug-likeness (QED) is 0.410. The minimum Gasteiger partial charge on any atom is -0.481 e. The van der Waals surface area contributed by atoms with E-state index in [9.17, 15) is 30.3 Å². The number of carboxylic acids is 1. The third-order valence-corrected chi connectivity index (χ3v) is 11.5. The first-order chi connectivity index (χ1) is 15.5. The van der Waals surface area contributed by atoms with Crippen molar-refractivity contribution in [1.29, 1.82) is 0 Å². The summed E-state index contributed by atoms with van der Waals surface area (Å²) in [6, 6.07) is 0. The molecule has 0 saturated heterocycles. The van der Waals surface area contributed by atoms with Crippen molar-refractivity contribution in [2.75, 3.05) is 6.61 Å². The van der Waals surface area contributed by atoms with Crippen LogP contribution in [0.15, 0.2) is 0 Å². The first-order valence-corrected chi connectivity index (χ1v) is 13.4. The first-order valence-electron chi connectivity index (χ1n) is 13.4. The van der Waals surface area contributed by atoms with Crippen LogP contribution in [0.4, 0.5) is 0 Å². The van der Waals surface area contributed by atoms with Crippen molar-refractivity contribution in [2.45, 2.75) is 97.4 Å². The van der Waals surface area contributed by atoms with Crippen molar-refractivity contribution >= 4 is 5.97 Å². The van der Waals surface area contributed by atoms with Gasteiger partial charge in [0, 0.05) is 0 Å². The molecule has 6 heteroatoms. The molecule has 4 aliphatic carbocycles. The van der Waals surface area contributed by atoms with Crippen LogP contribution in [-0.2, 0) is 4.79 Å². The van der Waals surface area contributed by atoms with E-state index in [0.717, 1.165) is 38.5 Å². The molecular weight excluding hydrogens is 420 g/mol. The summed E-state index contributed by atoms with van der Waals surface area (Å²) in [7, 11) is 0. The fourth-order valence-corrected chi connectivity index (χ4v) is 9.76. The lowest BCUT2D eigenvalue weighted by Crippen LogP contribution is -2.65. The fraction of sp³-hybridized carbons (Fsp3) is 0.963. The molecule has 5 N–H and O–H groups in total. The second-order valence-electron chi connectivity index (χ2n) is 12.6. The van der Waals surface area contributed by atoms with Gasteiger partial charge in [-0.25, -0.2) is 0 Å². The Morgan fingerprint density at radius 2 is 1.73 bits per heavy atom. The van der Waals surface area contributed by atoms with E-state index in [4.69, 9.17) is 0 Å². The summed E-state index contributed by atoms with van der Waals surface area (Å²) in [6.07, 6.45) is 5.21. The second kappa shape index (κ2) is 9.07. The molecule has 33 heavy (non-hydrogen) atoms. The number of carboxylic acid groups (broad SMARTS) is 1. The summed E-state index contributed by atoms with van der Waals surface area (Å²) in [5.74, 6) is -0.402. The monoisotopic (exact) mass is 466 g/mol. The largest absolute Gasteiger partial charge is 0.481 e. The molecule has 4 aliphatic rings. The predicted molar refractivity (Wildman–Crippen MR) is 125 cm³/mol. The molecule has 0 heterocycles. The van der Waals surface area contributed by atoms with Gasteiger partial charge in [0.2, 0.25) is 0 Å². The normalized spacial score (nSPS) is 51.2. The molecule has 0 spiro atoms. The van der Waals surface area contributed by atoms with Crippen LogP contribution in [-0.4, -0.2) is 56.4 Å². The standard InChI is InChI=1S/C27H46O6/c1-5-17-20-11-16(29)8-9-26(20,3)21-12-22(30)27(4)18(6-7-19(27)23(21)24(17)31)14(2)10-15(13-28)25(32)33/h14-24,28-31H,5-13H2,1-4H3,(H,32,33)/t14-,15+,16-,17-,18-,19?,20+,21?,22+,23?,24-,26+,27-/m1/s1. The van der Waals surface area contributed by atoms with Gasteiger partial charge in [-0.15, -0.1) is 0 Å². The van der Waals surface area contributed by atoms with Crippen LogP contribution in [0.3, 0.4) is 0 Å². The topological polar surface area (TPSA) is 118 Å². The third kappa shape index (κ3) is 3.78. The maximum absolute atomic E-state index is 11.8. The van der Waals surface area contributed by atoms with Crippen LogP contribution in [0, 0.1) is 58.2 Å². The first kappa shape index (κ1) is 25.4. The Labute approximate surface area is 198 Å². The summed E-state index contributed by atoms with van der Waals surface area (Å²) < 4.78 is 0. The molecule has 6 nitrogen and oxygen atoms in total. The predicted octanol–water partition coefficient (Wildman–Crippen LogP) is 3.30. The Kier molecular flexibility index (Phi) is 6.98. The van der Waals surface area contributed by atoms with E-state index in [2.05, 4.69) is 27.7 Å². The Hall–Kier alpha value is -0.690. The summed E-state index contributed by atoms with van der Waals surface area (Å²) in [6.45, 7) is 8.43. The lowest BCUT2D eigenvalue weighted by molar-refractivity contribution is -0.228. The molecule has 0 radical (unpaired) electrons. The van der Waals surface area contributed by atoms with Gasteiger partial charge in [-0.2, -0.15) is 0 Å². The smallest absolute Gasteiger partial charge is 0.308 e. The van der Waals surface area contributed by atoms with E-state index in [-0.39, 0.29) is 65.0 Å². The highest BCUT2D eigenvalue weighted by atomic mass is 16.4. The van der Waals surface area contributed by atoms with E-state index in [1.54, 1.807) is 0 Å². The molecule has 190 valence electrons. The van der Waals surface area contributed by atoms with Gasteiger partial charge in [0.1, 0.15) is 0 Å². The minimum atomic E-state index is -0.958. The highest BCUT2D eigenvalue weighted by Gasteiger charge is 2.67. The maximum Gasteiger partial charge on any atom is 0.308 e. The molecule has 0 aliphatic heterocycles. The van der Waals surface area contributed by atoms with E-state index in [1.165, 1.54) is 0 Å². The van der Waals surface area contributed by atoms with Crippen molar-refractivity contribution in [3.8, 4) is 0 Å². The lowest BCUT2D eigenvalue weighted by Gasteiger charge is -2.65. The second-order valence-corrected chi connectivity index (χ2v) is 12.6. The molecule has 0 amide bonds. The molecule has 13 atom stereocenters. The zero-order valence-electron chi connectivity index (χ0n) is 20.9. The number of aliphatic hydroxyl groups is 4. The maximum atomic E-state index is 11.8. The molecule has 4 rings (SSSR count). The molecule has 0 aromatic rings. The van der Waals surface area contributed by atoms with Gasteiger partial charge >= 0.3 is 5.97 Å². The highest BCUT2D eigenvalue weighted by molar-refractivity contribution is 5.70. The zero-order valence-corrected chi connectivity index (χ0v) is 20.9. The van der Waals surface area contributed by atoms with Gasteiger partial charge in [0.25, 0.3) is 0 Å². The number of carbonyl (C=O) groups is 1. The SMILES string of the molecule is CC[C@H]1[C@@H](O)C2C3CC[C@H]([C@H](C)C[C@@H](CO)C(=O)O)[C@@]3(C)[C@@H](O)CC2[C@@]2(C)CC[C@@H](O)C[C@@H]12. The van der Waals surface area contributed by atoms with Gasteiger partial charge in [-0.05, 0) is 97.2 Å². The number of rotatable bonds is 6. The Bertz CT molecular complexity index is 727. The number of aliphatic carboxylic acids is 1. The molecule has 0 bridgehead atoms. The third-order valence-electron chi connectivity index (χ3n) is 11.5. The molecule has 0 aromatic heterocycles. The van der Waals surface area contributed by atoms with Crippen LogP contribution in [0.1, 0.15) is 79.1 Å². The average Bonchev–Trinajstić information content (AvgIpc) is 3.12. The van der Waals surface area contributed by atoms with Gasteiger partial charge in [-0.1, -0.05) is 34.1 Å². The Morgan fingerprint density at radius 1 is 1.03 bits per heavy atom. The van der Waals surface area contributed by atoms with E-state index < -0.39 is 24.1 Å². The van der Waals surface area contributed by atoms with Crippen LogP contribution >= 0.6 is 0 Å². The van der Waals surface area contributed by atoms with Crippen LogP contribution in [0.25, 0.3) is 0 Å². The molecule has 4 saturated carbocycles. The van der Waals surface area contributed by atoms with Crippen molar-refractivity contribution < 1.29 is 30.3 Å². The number of fused-ring (bicyclic) bond motifs is 5. The summed E-state index contributed by atoms with van der Waals surface area (Å²) in [4.78, 5) is 11.5. The van der Waals surface area contributed by atoms with Gasteiger partial charge in [0.15, 0.2) is 0 Å². The van der Waals surface area contributed by atoms with Gasteiger partial charge in [0.05, 0.1) is 30.8 Å². The minimum absolute atomic E-state index is 0.0289. The number of aliphatic hydroxyl groups excluding tert-OH is 4. The lowest BCUT2D eigenvalue weighted by atomic mass is 9.41. The van der Waals surface area contributed by atoms with Crippen LogP contribution in [0.2, 0.25) is 0 Å². The van der Waals surface area contributed by atoms with E-state index in [1.807, 2.05) is 0 Å². The molecule has 3 unspecified atom stereocenters. The number of hydrogen-bond acceptors (Lipinski definition) is 5. The molecular formula is C27H46O6.